The van der Waals surface area contributed by atoms with Crippen molar-refractivity contribution in [1.82, 2.24) is 5.32 Å². The highest BCUT2D eigenvalue weighted by atomic mass is 32.1. The lowest BCUT2D eigenvalue weighted by Crippen LogP contribution is -2.34. The first kappa shape index (κ1) is 19.9. The van der Waals surface area contributed by atoms with Crippen LogP contribution in [0.5, 0.6) is 5.75 Å². The van der Waals surface area contributed by atoms with Gasteiger partial charge in [0.05, 0.1) is 6.10 Å². The Morgan fingerprint density at radius 2 is 1.81 bits per heavy atom. The third-order valence-corrected chi connectivity index (χ3v) is 4.36. The molecule has 0 spiro atoms. The van der Waals surface area contributed by atoms with Crippen LogP contribution in [-0.2, 0) is 0 Å². The minimum absolute atomic E-state index is 0.101. The van der Waals surface area contributed by atoms with Gasteiger partial charge in [0.1, 0.15) is 5.75 Å². The molecule has 2 aromatic carbocycles. The number of carbonyl (C=O) groups is 1. The van der Waals surface area contributed by atoms with E-state index >= 15 is 0 Å². The van der Waals surface area contributed by atoms with Gasteiger partial charge in [-0.1, -0.05) is 30.7 Å². The second kappa shape index (κ2) is 8.81. The van der Waals surface area contributed by atoms with E-state index in [1.54, 1.807) is 18.2 Å². The van der Waals surface area contributed by atoms with Crippen LogP contribution in [0.15, 0.2) is 36.4 Å². The lowest BCUT2D eigenvalue weighted by atomic mass is 10.1. The molecule has 0 aliphatic rings. The van der Waals surface area contributed by atoms with Gasteiger partial charge < -0.3 is 10.1 Å². The number of aryl methyl sites for hydroxylation is 3. The third-order valence-electron chi connectivity index (χ3n) is 4.15. The summed E-state index contributed by atoms with van der Waals surface area (Å²) >= 11 is 5.31. The maximum absolute atomic E-state index is 12.5. The predicted molar refractivity (Wildman–Crippen MR) is 111 cm³/mol. The van der Waals surface area contributed by atoms with Crippen molar-refractivity contribution in [2.75, 3.05) is 5.32 Å². The number of amides is 1. The minimum Gasteiger partial charge on any atom is -0.491 e. The minimum atomic E-state index is -0.264. The van der Waals surface area contributed by atoms with Crippen LogP contribution in [0.2, 0.25) is 0 Å². The molecule has 0 bridgehead atoms. The number of anilines is 1. The van der Waals surface area contributed by atoms with Crippen molar-refractivity contribution in [3.8, 4) is 5.75 Å². The summed E-state index contributed by atoms with van der Waals surface area (Å²) in [5.41, 5.74) is 4.80. The Kier molecular flexibility index (Phi) is 6.75. The smallest absolute Gasteiger partial charge is 0.257 e. The average Bonchev–Trinajstić information content (AvgIpc) is 2.58. The van der Waals surface area contributed by atoms with E-state index < -0.39 is 0 Å². The fourth-order valence-corrected chi connectivity index (χ4v) is 2.92. The second-order valence-electron chi connectivity index (χ2n) is 6.55. The van der Waals surface area contributed by atoms with E-state index in [-0.39, 0.29) is 17.1 Å². The molecule has 0 aliphatic heterocycles. The first-order valence-corrected chi connectivity index (χ1v) is 9.18. The largest absolute Gasteiger partial charge is 0.491 e. The zero-order valence-corrected chi connectivity index (χ0v) is 16.8. The molecule has 26 heavy (non-hydrogen) atoms. The number of rotatable bonds is 5. The molecule has 4 nitrogen and oxygen atoms in total. The van der Waals surface area contributed by atoms with E-state index in [1.807, 2.05) is 26.8 Å². The van der Waals surface area contributed by atoms with Crippen LogP contribution in [0, 0.1) is 20.8 Å². The van der Waals surface area contributed by atoms with Gasteiger partial charge in [-0.05, 0) is 75.7 Å². The van der Waals surface area contributed by atoms with Crippen LogP contribution in [0.25, 0.3) is 0 Å². The highest BCUT2D eigenvalue weighted by Crippen LogP contribution is 2.22. The summed E-state index contributed by atoms with van der Waals surface area (Å²) in [6, 6.07) is 11.3. The number of carbonyl (C=O) groups excluding carboxylic acids is 1. The normalized spacial score (nSPS) is 11.6. The lowest BCUT2D eigenvalue weighted by molar-refractivity contribution is 0.0977. The molecule has 0 fully saturated rings. The monoisotopic (exact) mass is 370 g/mol. The first-order valence-electron chi connectivity index (χ1n) is 8.77. The SMILES string of the molecule is CCC(C)Oc1cccc(C(=O)NC(=S)Nc2c(C)cc(C)cc2C)c1. The van der Waals surface area contributed by atoms with Gasteiger partial charge in [0.25, 0.3) is 5.91 Å². The fourth-order valence-electron chi connectivity index (χ4n) is 2.72. The van der Waals surface area contributed by atoms with Crippen LogP contribution >= 0.6 is 12.2 Å². The van der Waals surface area contributed by atoms with Crippen molar-refractivity contribution < 1.29 is 9.53 Å². The molecule has 1 atom stereocenters. The van der Waals surface area contributed by atoms with E-state index in [0.29, 0.717) is 11.3 Å². The van der Waals surface area contributed by atoms with E-state index in [4.69, 9.17) is 17.0 Å². The number of benzene rings is 2. The molecule has 2 rings (SSSR count). The summed E-state index contributed by atoms with van der Waals surface area (Å²) < 4.78 is 5.77. The topological polar surface area (TPSA) is 50.4 Å². The molecular weight excluding hydrogens is 344 g/mol. The standard InChI is InChI=1S/C21H26N2O2S/c1-6-16(5)25-18-9-7-8-17(12-18)20(24)23-21(26)22-19-14(3)10-13(2)11-15(19)4/h7-12,16H,6H2,1-5H3,(H2,22,23,24,26). The molecule has 0 saturated carbocycles. The van der Waals surface area contributed by atoms with Crippen molar-refractivity contribution in [2.24, 2.45) is 0 Å². The fraction of sp³-hybridized carbons (Fsp3) is 0.333. The van der Waals surface area contributed by atoms with Gasteiger partial charge in [0, 0.05) is 11.3 Å². The Morgan fingerprint density at radius 3 is 2.42 bits per heavy atom. The molecule has 0 radical (unpaired) electrons. The van der Waals surface area contributed by atoms with E-state index in [1.165, 1.54) is 5.56 Å². The van der Waals surface area contributed by atoms with Crippen molar-refractivity contribution >= 4 is 28.9 Å². The van der Waals surface area contributed by atoms with Crippen molar-refractivity contribution in [3.63, 3.8) is 0 Å². The molecule has 0 heterocycles. The highest BCUT2D eigenvalue weighted by Gasteiger charge is 2.12. The molecule has 0 aromatic heterocycles. The molecule has 2 N–H and O–H groups in total. The van der Waals surface area contributed by atoms with Crippen molar-refractivity contribution in [3.05, 3.63) is 58.7 Å². The summed E-state index contributed by atoms with van der Waals surface area (Å²) in [5.74, 6) is 0.413. The van der Waals surface area contributed by atoms with Gasteiger partial charge in [-0.15, -0.1) is 0 Å². The molecule has 138 valence electrons. The zero-order valence-electron chi connectivity index (χ0n) is 16.0. The third kappa shape index (κ3) is 5.30. The Hall–Kier alpha value is -2.40. The first-order chi connectivity index (χ1) is 12.3. The van der Waals surface area contributed by atoms with E-state index in [2.05, 4.69) is 36.6 Å². The Labute approximate surface area is 161 Å². The Balaban J connectivity index is 2.06. The summed E-state index contributed by atoms with van der Waals surface area (Å²) in [7, 11) is 0. The average molecular weight is 371 g/mol. The van der Waals surface area contributed by atoms with Crippen LogP contribution in [0.1, 0.15) is 47.3 Å². The molecule has 0 aliphatic carbocycles. The zero-order chi connectivity index (χ0) is 19.3. The van der Waals surface area contributed by atoms with Gasteiger partial charge in [-0.25, -0.2) is 0 Å². The van der Waals surface area contributed by atoms with Crippen LogP contribution in [-0.4, -0.2) is 17.1 Å². The summed E-state index contributed by atoms with van der Waals surface area (Å²) in [5, 5.41) is 6.14. The Bertz CT molecular complexity index is 794. The van der Waals surface area contributed by atoms with Gasteiger partial charge in [-0.2, -0.15) is 0 Å². The van der Waals surface area contributed by atoms with Gasteiger partial charge in [-0.3, -0.25) is 10.1 Å². The molecule has 5 heteroatoms. The molecular formula is C21H26N2O2S. The quantitative estimate of drug-likeness (QED) is 0.734. The molecule has 1 amide bonds. The predicted octanol–water partition coefficient (Wildman–Crippen LogP) is 4.92. The van der Waals surface area contributed by atoms with Gasteiger partial charge in [0.2, 0.25) is 0 Å². The lowest BCUT2D eigenvalue weighted by Gasteiger charge is -2.16. The van der Waals surface area contributed by atoms with Crippen LogP contribution < -0.4 is 15.4 Å². The van der Waals surface area contributed by atoms with Gasteiger partial charge >= 0.3 is 0 Å². The van der Waals surface area contributed by atoms with Gasteiger partial charge in [0.15, 0.2) is 5.11 Å². The number of ether oxygens (including phenoxy) is 1. The second-order valence-corrected chi connectivity index (χ2v) is 6.95. The van der Waals surface area contributed by atoms with E-state index in [0.717, 1.165) is 23.2 Å². The summed E-state index contributed by atoms with van der Waals surface area (Å²) in [6.07, 6.45) is 1.00. The number of nitrogens with one attached hydrogen (secondary N) is 2. The van der Waals surface area contributed by atoms with Crippen molar-refractivity contribution in [1.29, 1.82) is 0 Å². The van der Waals surface area contributed by atoms with Crippen molar-refractivity contribution in [2.45, 2.75) is 47.1 Å². The number of hydrogen-bond acceptors (Lipinski definition) is 3. The molecule has 0 saturated heterocycles. The number of hydrogen-bond donors (Lipinski definition) is 2. The van der Waals surface area contributed by atoms with Crippen LogP contribution in [0.3, 0.4) is 0 Å². The summed E-state index contributed by atoms with van der Waals surface area (Å²) in [6.45, 7) is 10.1. The molecule has 1 unspecified atom stereocenters. The number of thiocarbonyl (C=S) groups is 1. The van der Waals surface area contributed by atoms with Crippen LogP contribution in [0.4, 0.5) is 5.69 Å². The summed E-state index contributed by atoms with van der Waals surface area (Å²) in [4.78, 5) is 12.5. The Morgan fingerprint density at radius 1 is 1.15 bits per heavy atom. The maximum Gasteiger partial charge on any atom is 0.257 e. The maximum atomic E-state index is 12.5. The molecule has 2 aromatic rings. The highest BCUT2D eigenvalue weighted by molar-refractivity contribution is 7.80. The van der Waals surface area contributed by atoms with E-state index in [9.17, 15) is 4.79 Å².